The van der Waals surface area contributed by atoms with Crippen molar-refractivity contribution < 1.29 is 9.53 Å². The largest absolute Gasteiger partial charge is 0.444 e. The predicted octanol–water partition coefficient (Wildman–Crippen LogP) is 4.36. The Morgan fingerprint density at radius 1 is 1.28 bits per heavy atom. The predicted molar refractivity (Wildman–Crippen MR) is 75.4 cm³/mol. The van der Waals surface area contributed by atoms with Gasteiger partial charge < -0.3 is 4.74 Å². The molecule has 1 heterocycles. The first kappa shape index (κ1) is 13.4. The highest BCUT2D eigenvalue weighted by Gasteiger charge is 2.19. The van der Waals surface area contributed by atoms with Crippen LogP contribution in [0.2, 0.25) is 0 Å². The molecule has 100 valence electrons. The summed E-state index contributed by atoms with van der Waals surface area (Å²) in [6.45, 7) is 5.63. The van der Waals surface area contributed by atoms with Crippen molar-refractivity contribution in [2.75, 3.05) is 5.32 Å². The molecular weight excluding hydrogens is 246 g/mol. The lowest BCUT2D eigenvalue weighted by atomic mass is 10.1. The van der Waals surface area contributed by atoms with Gasteiger partial charge in [0.05, 0.1) is 5.69 Å². The number of hydrogen-bond donors (Lipinski definition) is 1. The van der Waals surface area contributed by atoms with E-state index in [9.17, 15) is 4.79 Å². The highest BCUT2D eigenvalue weighted by atomic mass is 32.1. The molecule has 18 heavy (non-hydrogen) atoms. The summed E-state index contributed by atoms with van der Waals surface area (Å²) in [6.07, 6.45) is 5.63. The quantitative estimate of drug-likeness (QED) is 0.768. The molecular formula is C14H21NO2S. The van der Waals surface area contributed by atoms with Crippen LogP contribution < -0.4 is 5.32 Å². The van der Waals surface area contributed by atoms with Crippen LogP contribution in [0.15, 0.2) is 5.38 Å². The Bertz CT molecular complexity index is 431. The fourth-order valence-corrected chi connectivity index (χ4v) is 3.27. The Morgan fingerprint density at radius 2 is 2.00 bits per heavy atom. The molecule has 0 aromatic carbocycles. The maximum absolute atomic E-state index is 11.8. The van der Waals surface area contributed by atoms with E-state index >= 15 is 0 Å². The van der Waals surface area contributed by atoms with Crippen LogP contribution in [0.5, 0.6) is 0 Å². The van der Waals surface area contributed by atoms with Crippen LogP contribution in [0.1, 0.15) is 50.5 Å². The standard InChI is InChI=1S/C14H21NO2S/c1-14(2,3)17-13(16)15-11-9-18-12-8-6-4-5-7-10(11)12/h9H,4-8H2,1-3H3,(H,15,16). The SMILES string of the molecule is CC(C)(C)OC(=O)Nc1csc2c1CCCCC2. The fourth-order valence-electron chi connectivity index (χ4n) is 2.19. The number of anilines is 1. The first-order valence-electron chi connectivity index (χ1n) is 6.55. The van der Waals surface area contributed by atoms with Crippen LogP contribution in [0, 0.1) is 0 Å². The van der Waals surface area contributed by atoms with Gasteiger partial charge in [-0.2, -0.15) is 0 Å². The summed E-state index contributed by atoms with van der Waals surface area (Å²) in [5.41, 5.74) is 1.83. The Hall–Kier alpha value is -1.03. The van der Waals surface area contributed by atoms with Gasteiger partial charge in [-0.25, -0.2) is 4.79 Å². The second kappa shape index (κ2) is 5.31. The third-order valence-electron chi connectivity index (χ3n) is 2.95. The maximum Gasteiger partial charge on any atom is 0.412 e. The molecule has 0 radical (unpaired) electrons. The van der Waals surface area contributed by atoms with Crippen molar-refractivity contribution in [3.63, 3.8) is 0 Å². The van der Waals surface area contributed by atoms with E-state index in [-0.39, 0.29) is 6.09 Å². The van der Waals surface area contributed by atoms with Gasteiger partial charge in [0, 0.05) is 10.3 Å². The normalized spacial score (nSPS) is 15.7. The number of carbonyl (C=O) groups is 1. The summed E-state index contributed by atoms with van der Waals surface area (Å²) in [4.78, 5) is 13.2. The zero-order valence-corrected chi connectivity index (χ0v) is 12.2. The van der Waals surface area contributed by atoms with Gasteiger partial charge in [0.1, 0.15) is 5.60 Å². The second-order valence-electron chi connectivity index (χ2n) is 5.74. The van der Waals surface area contributed by atoms with E-state index < -0.39 is 5.60 Å². The molecule has 1 amide bonds. The monoisotopic (exact) mass is 267 g/mol. The first-order valence-corrected chi connectivity index (χ1v) is 7.43. The van der Waals surface area contributed by atoms with E-state index in [4.69, 9.17) is 4.74 Å². The molecule has 1 aromatic heterocycles. The van der Waals surface area contributed by atoms with Gasteiger partial charge in [0.2, 0.25) is 0 Å². The number of carbonyl (C=O) groups excluding carboxylic acids is 1. The average molecular weight is 267 g/mol. The molecule has 0 saturated heterocycles. The minimum Gasteiger partial charge on any atom is -0.444 e. The highest BCUT2D eigenvalue weighted by molar-refractivity contribution is 7.10. The van der Waals surface area contributed by atoms with Crippen molar-refractivity contribution in [1.29, 1.82) is 0 Å². The molecule has 0 atom stereocenters. The fraction of sp³-hybridized carbons (Fsp3) is 0.643. The number of amides is 1. The topological polar surface area (TPSA) is 38.3 Å². The molecule has 0 saturated carbocycles. The molecule has 1 aliphatic rings. The van der Waals surface area contributed by atoms with Gasteiger partial charge in [0.25, 0.3) is 0 Å². The molecule has 4 heteroatoms. The van der Waals surface area contributed by atoms with Crippen molar-refractivity contribution in [3.8, 4) is 0 Å². The molecule has 0 aliphatic heterocycles. The van der Waals surface area contributed by atoms with Gasteiger partial charge in [-0.15, -0.1) is 11.3 Å². The minimum absolute atomic E-state index is 0.354. The minimum atomic E-state index is -0.447. The smallest absolute Gasteiger partial charge is 0.412 e. The molecule has 1 aromatic rings. The van der Waals surface area contributed by atoms with Crippen LogP contribution in [-0.4, -0.2) is 11.7 Å². The van der Waals surface area contributed by atoms with E-state index in [1.807, 2.05) is 26.2 Å². The van der Waals surface area contributed by atoms with Crippen LogP contribution in [-0.2, 0) is 17.6 Å². The highest BCUT2D eigenvalue weighted by Crippen LogP contribution is 2.33. The second-order valence-corrected chi connectivity index (χ2v) is 6.70. The van der Waals surface area contributed by atoms with Crippen molar-refractivity contribution in [2.45, 2.75) is 58.5 Å². The van der Waals surface area contributed by atoms with E-state index in [2.05, 4.69) is 5.32 Å². The molecule has 1 aliphatic carbocycles. The Labute approximate surface area is 113 Å². The molecule has 0 unspecified atom stereocenters. The lowest BCUT2D eigenvalue weighted by Gasteiger charge is -2.19. The van der Waals surface area contributed by atoms with Crippen molar-refractivity contribution in [1.82, 2.24) is 0 Å². The zero-order chi connectivity index (χ0) is 13.2. The van der Waals surface area contributed by atoms with Gasteiger partial charge in [-0.3, -0.25) is 5.32 Å². The molecule has 2 rings (SSSR count). The van der Waals surface area contributed by atoms with Crippen molar-refractivity contribution >= 4 is 23.1 Å². The van der Waals surface area contributed by atoms with E-state index in [1.54, 1.807) is 11.3 Å². The Kier molecular flexibility index (Phi) is 3.95. The van der Waals surface area contributed by atoms with Crippen molar-refractivity contribution in [3.05, 3.63) is 15.8 Å². The lowest BCUT2D eigenvalue weighted by molar-refractivity contribution is 0.0636. The summed E-state index contributed by atoms with van der Waals surface area (Å²) in [5, 5.41) is 4.93. The Morgan fingerprint density at radius 3 is 2.72 bits per heavy atom. The van der Waals surface area contributed by atoms with Gasteiger partial charge >= 0.3 is 6.09 Å². The van der Waals surface area contributed by atoms with Gasteiger partial charge in [-0.1, -0.05) is 6.42 Å². The number of fused-ring (bicyclic) bond motifs is 1. The number of nitrogens with one attached hydrogen (secondary N) is 1. The molecule has 3 nitrogen and oxygen atoms in total. The molecule has 0 bridgehead atoms. The van der Waals surface area contributed by atoms with Gasteiger partial charge in [0.15, 0.2) is 0 Å². The summed E-state index contributed by atoms with van der Waals surface area (Å²) >= 11 is 1.76. The molecule has 0 fully saturated rings. The summed E-state index contributed by atoms with van der Waals surface area (Å²) in [6, 6.07) is 0. The lowest BCUT2D eigenvalue weighted by Crippen LogP contribution is -2.27. The van der Waals surface area contributed by atoms with Crippen LogP contribution in [0.4, 0.5) is 10.5 Å². The number of ether oxygens (including phenoxy) is 1. The zero-order valence-electron chi connectivity index (χ0n) is 11.3. The molecule has 0 spiro atoms. The van der Waals surface area contributed by atoms with E-state index in [0.717, 1.165) is 18.5 Å². The van der Waals surface area contributed by atoms with E-state index in [1.165, 1.54) is 29.7 Å². The van der Waals surface area contributed by atoms with E-state index in [0.29, 0.717) is 0 Å². The summed E-state index contributed by atoms with van der Waals surface area (Å²) in [5.74, 6) is 0. The van der Waals surface area contributed by atoms with Crippen LogP contribution >= 0.6 is 11.3 Å². The van der Waals surface area contributed by atoms with Gasteiger partial charge in [-0.05, 0) is 52.0 Å². The Balaban J connectivity index is 2.06. The number of thiophene rings is 1. The average Bonchev–Trinajstić information content (AvgIpc) is 2.47. The number of aryl methyl sites for hydroxylation is 1. The number of hydrogen-bond acceptors (Lipinski definition) is 3. The summed E-state index contributed by atoms with van der Waals surface area (Å²) < 4.78 is 5.29. The third kappa shape index (κ3) is 3.48. The maximum atomic E-state index is 11.8. The third-order valence-corrected chi connectivity index (χ3v) is 4.04. The van der Waals surface area contributed by atoms with Crippen LogP contribution in [0.3, 0.4) is 0 Å². The summed E-state index contributed by atoms with van der Waals surface area (Å²) in [7, 11) is 0. The number of rotatable bonds is 1. The van der Waals surface area contributed by atoms with Crippen molar-refractivity contribution in [2.24, 2.45) is 0 Å². The first-order chi connectivity index (χ1) is 8.46. The molecule has 1 N–H and O–H groups in total. The van der Waals surface area contributed by atoms with Crippen LogP contribution in [0.25, 0.3) is 0 Å².